The first-order valence-corrected chi connectivity index (χ1v) is 15.9. The summed E-state index contributed by atoms with van der Waals surface area (Å²) in [6, 6.07) is -0.579. The van der Waals surface area contributed by atoms with Gasteiger partial charge >= 0.3 is 26.0 Å². The summed E-state index contributed by atoms with van der Waals surface area (Å²) in [7, 11) is 5.27. The monoisotopic (exact) mass is 666 g/mol. The number of carbonyl (C=O) groups is 5. The molecule has 0 N–H and O–H groups in total. The fraction of sp³-hybridized carbons (Fsp3) is 0.615. The van der Waals surface area contributed by atoms with Gasteiger partial charge < -0.3 is 19.1 Å². The van der Waals surface area contributed by atoms with E-state index in [2.05, 4.69) is 19.9 Å². The Hall–Kier alpha value is -3.18. The lowest BCUT2D eigenvalue weighted by molar-refractivity contribution is -0.179. The molecule has 3 atom stereocenters. The number of hydrazone groups is 1. The first kappa shape index (κ1) is 33.7. The quantitative estimate of drug-likeness (QED) is 0.0854. The van der Waals surface area contributed by atoms with Gasteiger partial charge in [-0.25, -0.2) is 19.6 Å². The van der Waals surface area contributed by atoms with Gasteiger partial charge in [0.2, 0.25) is 16.4 Å². The third kappa shape index (κ3) is 6.59. The number of thiazole rings is 1. The molecule has 0 bridgehead atoms. The number of carbonyl (C=O) groups excluding carboxylic acids is 5. The largest absolute Gasteiger partial charge is 0.541 e. The van der Waals surface area contributed by atoms with Crippen LogP contribution in [0.1, 0.15) is 51.7 Å². The Kier molecular flexibility index (Phi) is 9.71. The van der Waals surface area contributed by atoms with Crippen LogP contribution in [0.2, 0.25) is 0 Å². The number of aromatic nitrogens is 1. The van der Waals surface area contributed by atoms with Crippen molar-refractivity contribution in [3.63, 3.8) is 0 Å². The molecule has 0 aromatic carbocycles. The highest BCUT2D eigenvalue weighted by Crippen LogP contribution is 2.53. The fourth-order valence-electron chi connectivity index (χ4n) is 4.73. The number of urea groups is 1. The average molecular weight is 667 g/mol. The third-order valence-corrected chi connectivity index (χ3v) is 9.52. The number of thioether (sulfide) groups is 1. The number of hydrogen-bond donors (Lipinski definition) is 0. The van der Waals surface area contributed by atoms with Crippen molar-refractivity contribution in [1.82, 2.24) is 19.8 Å². The maximum Gasteiger partial charge on any atom is 0.378 e. The summed E-state index contributed by atoms with van der Waals surface area (Å²) in [6.07, 6.45) is 1.05. The summed E-state index contributed by atoms with van der Waals surface area (Å²) >= 11 is 7.94. The van der Waals surface area contributed by atoms with Crippen LogP contribution in [0.5, 0.6) is 0 Å². The van der Waals surface area contributed by atoms with Crippen LogP contribution >= 0.6 is 34.7 Å². The topological polar surface area (TPSA) is 160 Å². The predicted octanol–water partition coefficient (Wildman–Crippen LogP) is 2.07. The van der Waals surface area contributed by atoms with Crippen molar-refractivity contribution in [2.75, 3.05) is 25.5 Å². The molecule has 3 aliphatic heterocycles. The third-order valence-electron chi connectivity index (χ3n) is 6.88. The lowest BCUT2D eigenvalue weighted by Crippen LogP contribution is -2.59. The second-order valence-electron chi connectivity index (χ2n) is 11.7. The molecule has 18 heteroatoms. The zero-order chi connectivity index (χ0) is 32.6. The maximum atomic E-state index is 13.7. The van der Waals surface area contributed by atoms with E-state index in [1.165, 1.54) is 41.2 Å². The summed E-state index contributed by atoms with van der Waals surface area (Å²) in [5, 5.41) is 10.8. The molecule has 3 fully saturated rings. The molecule has 14 nitrogen and oxygen atoms in total. The van der Waals surface area contributed by atoms with Crippen LogP contribution in [0, 0.1) is 12.8 Å². The van der Waals surface area contributed by atoms with Crippen molar-refractivity contribution >= 4 is 84.3 Å². The zero-order valence-corrected chi connectivity index (χ0v) is 27.5. The van der Waals surface area contributed by atoms with Crippen LogP contribution < -0.4 is 0 Å². The van der Waals surface area contributed by atoms with Gasteiger partial charge in [0.15, 0.2) is 11.5 Å². The molecule has 236 valence electrons. The molecule has 0 saturated carbocycles. The Labute approximate surface area is 268 Å². The van der Waals surface area contributed by atoms with Crippen molar-refractivity contribution in [1.29, 1.82) is 0 Å². The first-order valence-electron chi connectivity index (χ1n) is 13.6. The Bertz CT molecular complexity index is 1410. The maximum absolute atomic E-state index is 13.7. The smallest absolute Gasteiger partial charge is 0.378 e. The molecule has 4 heterocycles. The summed E-state index contributed by atoms with van der Waals surface area (Å²) in [5.74, 6) is -3.32. The van der Waals surface area contributed by atoms with Gasteiger partial charge in [-0.15, -0.1) is 22.9 Å². The van der Waals surface area contributed by atoms with Crippen LogP contribution in [-0.4, -0.2) is 116 Å². The number of ether oxygens (including phenoxy) is 1. The number of rotatable bonds is 11. The summed E-state index contributed by atoms with van der Waals surface area (Å²) < 4.78 is 9.99. The highest BCUT2D eigenvalue weighted by Gasteiger charge is 2.66. The van der Waals surface area contributed by atoms with E-state index in [4.69, 9.17) is 29.2 Å². The number of alkyl halides is 1. The number of oxime groups is 1. The summed E-state index contributed by atoms with van der Waals surface area (Å²) in [4.78, 5) is 76.7. The molecule has 0 aliphatic carbocycles. The molecule has 4 rings (SSSR count). The lowest BCUT2D eigenvalue weighted by atomic mass is 9.90. The van der Waals surface area contributed by atoms with Crippen molar-refractivity contribution in [2.24, 2.45) is 16.2 Å². The average Bonchev–Trinajstić information content (AvgIpc) is 3.65. The van der Waals surface area contributed by atoms with Gasteiger partial charge in [0.1, 0.15) is 11.3 Å². The molecule has 3 saturated heterocycles. The molecule has 2 radical (unpaired) electrons. The molecule has 1 aromatic rings. The van der Waals surface area contributed by atoms with E-state index in [1.54, 1.807) is 33.1 Å². The number of ketones is 1. The SMILES string of the molecule is [B]OC(=O)[C@@]1(N2CCN(/N=C/CCl)C2=O)CN2C(=O)[C@@H](CC(=O)/C(=N\OC(C)(C)C(=O)OC(C)(C)C)c3csc(C)n3)[C@H]2S1. The minimum atomic E-state index is -1.64. The number of fused-ring (bicyclic) bond motifs is 1. The van der Waals surface area contributed by atoms with Gasteiger partial charge in [-0.1, -0.05) is 16.9 Å². The molecule has 0 unspecified atom stereocenters. The van der Waals surface area contributed by atoms with E-state index in [1.807, 2.05) is 0 Å². The van der Waals surface area contributed by atoms with Crippen molar-refractivity contribution in [2.45, 2.75) is 69.4 Å². The van der Waals surface area contributed by atoms with Crippen LogP contribution in [0.15, 0.2) is 15.6 Å². The van der Waals surface area contributed by atoms with Gasteiger partial charge in [0, 0.05) is 24.6 Å². The number of Topliss-reactive ketones (excluding diaryl/α,β-unsaturated/α-hetero) is 1. The van der Waals surface area contributed by atoms with Gasteiger partial charge in [0.25, 0.3) is 0 Å². The molecule has 44 heavy (non-hydrogen) atoms. The van der Waals surface area contributed by atoms with E-state index in [9.17, 15) is 24.0 Å². The van der Waals surface area contributed by atoms with Crippen LogP contribution in [-0.2, 0) is 33.4 Å². The Balaban J connectivity index is 1.55. The van der Waals surface area contributed by atoms with Crippen LogP contribution in [0.3, 0.4) is 0 Å². The minimum absolute atomic E-state index is 0.0872. The van der Waals surface area contributed by atoms with E-state index in [-0.39, 0.29) is 43.3 Å². The van der Waals surface area contributed by atoms with Crippen molar-refractivity contribution in [3.05, 3.63) is 16.1 Å². The van der Waals surface area contributed by atoms with Crippen LogP contribution in [0.25, 0.3) is 0 Å². The highest BCUT2D eigenvalue weighted by molar-refractivity contribution is 8.02. The van der Waals surface area contributed by atoms with E-state index < -0.39 is 57.0 Å². The van der Waals surface area contributed by atoms with Crippen LogP contribution in [0.4, 0.5) is 4.79 Å². The first-order chi connectivity index (χ1) is 20.5. The van der Waals surface area contributed by atoms with E-state index >= 15 is 0 Å². The molecule has 3 aliphatic rings. The second-order valence-corrected chi connectivity index (χ2v) is 14.5. The number of nitrogens with zero attached hydrogens (tertiary/aromatic N) is 6. The van der Waals surface area contributed by atoms with Gasteiger partial charge in [-0.3, -0.25) is 19.3 Å². The fourth-order valence-corrected chi connectivity index (χ4v) is 7.13. The number of amides is 3. The number of halogens is 1. The van der Waals surface area contributed by atoms with Gasteiger partial charge in [-0.05, 0) is 41.5 Å². The number of esters is 1. The number of β-lactam (4-membered cyclic amide) rings is 1. The summed E-state index contributed by atoms with van der Waals surface area (Å²) in [5.41, 5.74) is -2.26. The summed E-state index contributed by atoms with van der Waals surface area (Å²) in [6.45, 7) is 9.92. The number of aryl methyl sites for hydroxylation is 1. The highest BCUT2D eigenvalue weighted by atomic mass is 35.5. The predicted molar refractivity (Wildman–Crippen MR) is 163 cm³/mol. The van der Waals surface area contributed by atoms with E-state index in [0.29, 0.717) is 5.01 Å². The van der Waals surface area contributed by atoms with Crippen molar-refractivity contribution < 1.29 is 38.2 Å². The standard InChI is InChI=1S/C26H32BClN6O8S2/c1-14-30-16(12-43-14)18(31-42-25(5,6)21(37)40-24(2,3)4)17(35)11-15-19(36)32-13-26(22(38)41-27,44-20(15)32)33-9-10-34(23(33)39)29-8-7-28/h8,12,15,20H,7,9-11,13H2,1-6H3/b29-8+,31-18-/t15-,20-,26-/m1/s1. The Morgan fingerprint density at radius 2 is 1.93 bits per heavy atom. The van der Waals surface area contributed by atoms with Gasteiger partial charge in [0.05, 0.1) is 35.3 Å². The Morgan fingerprint density at radius 3 is 2.52 bits per heavy atom. The normalized spacial score (nSPS) is 24.1. The second kappa shape index (κ2) is 12.7. The molecule has 3 amide bonds. The molecular formula is C26H32BClN6O8S2. The zero-order valence-electron chi connectivity index (χ0n) is 25.1. The lowest BCUT2D eigenvalue weighted by Gasteiger charge is -2.40. The molecule has 0 spiro atoms. The molecule has 1 aromatic heterocycles. The van der Waals surface area contributed by atoms with E-state index in [0.717, 1.165) is 16.8 Å². The van der Waals surface area contributed by atoms with Gasteiger partial charge in [-0.2, -0.15) is 5.10 Å². The number of hydrogen-bond acceptors (Lipinski definition) is 13. The Morgan fingerprint density at radius 1 is 1.23 bits per heavy atom. The van der Waals surface area contributed by atoms with Crippen molar-refractivity contribution in [3.8, 4) is 0 Å². The molecular weight excluding hydrogens is 635 g/mol. The minimum Gasteiger partial charge on any atom is -0.541 e.